The molecule has 2 N–H and O–H groups in total. The van der Waals surface area contributed by atoms with Crippen molar-refractivity contribution in [3.63, 3.8) is 0 Å². The molecular formula is C21H26N2O5S. The number of nitrogens with zero attached hydrogens (tertiary/aromatic N) is 1. The van der Waals surface area contributed by atoms with Crippen LogP contribution in [0.4, 0.5) is 4.79 Å². The molecule has 0 bridgehead atoms. The number of ether oxygens (including phenoxy) is 1. The van der Waals surface area contributed by atoms with E-state index >= 15 is 0 Å². The van der Waals surface area contributed by atoms with Crippen LogP contribution in [0.5, 0.6) is 0 Å². The number of benzene rings is 2. The molecule has 7 nitrogen and oxygen atoms in total. The van der Waals surface area contributed by atoms with Gasteiger partial charge in [0.05, 0.1) is 24.5 Å². The van der Waals surface area contributed by atoms with Crippen molar-refractivity contribution in [1.29, 1.82) is 0 Å². The lowest BCUT2D eigenvalue weighted by Crippen LogP contribution is -2.44. The van der Waals surface area contributed by atoms with Gasteiger partial charge in [0.2, 0.25) is 10.0 Å². The van der Waals surface area contributed by atoms with Gasteiger partial charge in [0, 0.05) is 13.1 Å². The predicted molar refractivity (Wildman–Crippen MR) is 110 cm³/mol. The smallest absolute Gasteiger partial charge is 0.405 e. The summed E-state index contributed by atoms with van der Waals surface area (Å²) >= 11 is 0. The molecule has 0 aliphatic carbocycles. The number of hydrogen-bond donors (Lipinski definition) is 2. The Balaban J connectivity index is 1.56. The monoisotopic (exact) mass is 418 g/mol. The number of rotatable bonds is 8. The molecule has 0 unspecified atom stereocenters. The number of piperidine rings is 1. The van der Waals surface area contributed by atoms with Crippen LogP contribution in [-0.2, 0) is 21.4 Å². The van der Waals surface area contributed by atoms with E-state index in [1.54, 1.807) is 30.3 Å². The van der Waals surface area contributed by atoms with Crippen molar-refractivity contribution in [2.24, 2.45) is 0 Å². The van der Waals surface area contributed by atoms with E-state index in [9.17, 15) is 13.2 Å². The molecule has 1 saturated heterocycles. The van der Waals surface area contributed by atoms with Gasteiger partial charge in [0.1, 0.15) is 0 Å². The zero-order valence-electron chi connectivity index (χ0n) is 16.1. The SMILES string of the molecule is O=C(O)N[C@@H](CS(=O)(=O)N1CCC(OCc2ccccc2)CC1)c1ccccc1. The molecule has 0 spiro atoms. The maximum Gasteiger partial charge on any atom is 0.405 e. The molecule has 1 amide bonds. The summed E-state index contributed by atoms with van der Waals surface area (Å²) in [4.78, 5) is 11.1. The molecule has 0 saturated carbocycles. The third-order valence-electron chi connectivity index (χ3n) is 5.00. The van der Waals surface area contributed by atoms with Crippen molar-refractivity contribution >= 4 is 16.1 Å². The third kappa shape index (κ3) is 6.28. The highest BCUT2D eigenvalue weighted by molar-refractivity contribution is 7.89. The van der Waals surface area contributed by atoms with Gasteiger partial charge in [-0.05, 0) is 24.0 Å². The molecule has 1 aliphatic rings. The summed E-state index contributed by atoms with van der Waals surface area (Å²) in [5.74, 6) is -0.307. The van der Waals surface area contributed by atoms with E-state index in [1.165, 1.54) is 4.31 Å². The lowest BCUT2D eigenvalue weighted by Gasteiger charge is -2.32. The van der Waals surface area contributed by atoms with Gasteiger partial charge in [-0.1, -0.05) is 60.7 Å². The second-order valence-corrected chi connectivity index (χ2v) is 9.10. The number of hydrogen-bond acceptors (Lipinski definition) is 4. The number of carboxylic acid groups (broad SMARTS) is 1. The Kier molecular flexibility index (Phi) is 7.24. The summed E-state index contributed by atoms with van der Waals surface area (Å²) in [5.41, 5.74) is 1.72. The maximum absolute atomic E-state index is 12.9. The van der Waals surface area contributed by atoms with Crippen LogP contribution in [0.1, 0.15) is 30.0 Å². The minimum Gasteiger partial charge on any atom is -0.465 e. The van der Waals surface area contributed by atoms with Crippen LogP contribution in [0.25, 0.3) is 0 Å². The zero-order valence-corrected chi connectivity index (χ0v) is 16.9. The number of nitrogens with one attached hydrogen (secondary N) is 1. The van der Waals surface area contributed by atoms with E-state index in [1.807, 2.05) is 30.3 Å². The maximum atomic E-state index is 12.9. The van der Waals surface area contributed by atoms with Gasteiger partial charge < -0.3 is 15.2 Å². The minimum atomic E-state index is -3.61. The first kappa shape index (κ1) is 21.3. The first-order valence-electron chi connectivity index (χ1n) is 9.62. The Morgan fingerprint density at radius 1 is 1.07 bits per heavy atom. The van der Waals surface area contributed by atoms with Crippen LogP contribution < -0.4 is 5.32 Å². The summed E-state index contributed by atoms with van der Waals surface area (Å²) in [6.07, 6.45) is 0.00820. The van der Waals surface area contributed by atoms with Gasteiger partial charge in [0.15, 0.2) is 0 Å². The number of carbonyl (C=O) groups is 1. The molecule has 2 aromatic carbocycles. The van der Waals surface area contributed by atoms with Gasteiger partial charge in [-0.25, -0.2) is 17.5 Å². The highest BCUT2D eigenvalue weighted by atomic mass is 32.2. The highest BCUT2D eigenvalue weighted by Crippen LogP contribution is 2.22. The van der Waals surface area contributed by atoms with Gasteiger partial charge in [-0.2, -0.15) is 0 Å². The second kappa shape index (κ2) is 9.87. The van der Waals surface area contributed by atoms with E-state index in [4.69, 9.17) is 9.84 Å². The quantitative estimate of drug-likeness (QED) is 0.687. The Bertz CT molecular complexity index is 882. The Hall–Kier alpha value is -2.42. The van der Waals surface area contributed by atoms with Crippen LogP contribution >= 0.6 is 0 Å². The van der Waals surface area contributed by atoms with Gasteiger partial charge in [-0.3, -0.25) is 0 Å². The molecule has 29 heavy (non-hydrogen) atoms. The average molecular weight is 419 g/mol. The van der Waals surface area contributed by atoms with Crippen LogP contribution in [0.15, 0.2) is 60.7 Å². The molecule has 1 atom stereocenters. The van der Waals surface area contributed by atoms with E-state index in [0.717, 1.165) is 5.56 Å². The van der Waals surface area contributed by atoms with Crippen molar-refractivity contribution in [3.8, 4) is 0 Å². The molecular weight excluding hydrogens is 392 g/mol. The largest absolute Gasteiger partial charge is 0.465 e. The molecule has 0 radical (unpaired) electrons. The molecule has 2 aromatic rings. The lowest BCUT2D eigenvalue weighted by atomic mass is 10.1. The van der Waals surface area contributed by atoms with E-state index in [-0.39, 0.29) is 11.9 Å². The molecule has 1 heterocycles. The number of sulfonamides is 1. The molecule has 0 aromatic heterocycles. The Labute approximate surface area is 171 Å². The Morgan fingerprint density at radius 2 is 1.66 bits per heavy atom. The van der Waals surface area contributed by atoms with Crippen LogP contribution in [0.2, 0.25) is 0 Å². The first-order valence-corrected chi connectivity index (χ1v) is 11.2. The van der Waals surface area contributed by atoms with Crippen molar-refractivity contribution in [1.82, 2.24) is 9.62 Å². The molecule has 1 fully saturated rings. The van der Waals surface area contributed by atoms with Crippen molar-refractivity contribution in [2.75, 3.05) is 18.8 Å². The van der Waals surface area contributed by atoms with E-state index in [2.05, 4.69) is 5.32 Å². The predicted octanol–water partition coefficient (Wildman–Crippen LogP) is 3.01. The fourth-order valence-corrected chi connectivity index (χ4v) is 5.11. The fraction of sp³-hybridized carbons (Fsp3) is 0.381. The highest BCUT2D eigenvalue weighted by Gasteiger charge is 2.31. The van der Waals surface area contributed by atoms with Crippen LogP contribution in [-0.4, -0.2) is 48.9 Å². The van der Waals surface area contributed by atoms with Gasteiger partial charge >= 0.3 is 6.09 Å². The summed E-state index contributed by atoms with van der Waals surface area (Å²) in [6, 6.07) is 17.8. The molecule has 3 rings (SSSR count). The zero-order chi connectivity index (χ0) is 20.7. The van der Waals surface area contributed by atoms with Crippen LogP contribution in [0.3, 0.4) is 0 Å². The second-order valence-electron chi connectivity index (χ2n) is 7.09. The lowest BCUT2D eigenvalue weighted by molar-refractivity contribution is 0.0102. The normalized spacial score (nSPS) is 17.0. The summed E-state index contributed by atoms with van der Waals surface area (Å²) in [7, 11) is -3.61. The summed E-state index contributed by atoms with van der Waals surface area (Å²) < 4.78 is 33.1. The van der Waals surface area contributed by atoms with Crippen molar-refractivity contribution < 1.29 is 23.1 Å². The standard InChI is InChI=1S/C21H26N2O5S/c24-21(25)22-20(18-9-5-2-6-10-18)16-29(26,27)23-13-11-19(12-14-23)28-15-17-7-3-1-4-8-17/h1-10,19-20,22H,11-16H2,(H,24,25)/t20-/m0/s1. The summed E-state index contributed by atoms with van der Waals surface area (Å²) in [5, 5.41) is 11.4. The molecule has 1 aliphatic heterocycles. The molecule has 156 valence electrons. The average Bonchev–Trinajstić information content (AvgIpc) is 2.73. The van der Waals surface area contributed by atoms with E-state index < -0.39 is 22.2 Å². The minimum absolute atomic E-state index is 0.0173. The Morgan fingerprint density at radius 3 is 2.24 bits per heavy atom. The fourth-order valence-electron chi connectivity index (χ4n) is 3.44. The van der Waals surface area contributed by atoms with Crippen molar-refractivity contribution in [2.45, 2.75) is 31.6 Å². The summed E-state index contributed by atoms with van der Waals surface area (Å²) in [6.45, 7) is 1.25. The van der Waals surface area contributed by atoms with Gasteiger partial charge in [-0.15, -0.1) is 0 Å². The van der Waals surface area contributed by atoms with Crippen molar-refractivity contribution in [3.05, 3.63) is 71.8 Å². The molecule has 8 heteroatoms. The van der Waals surface area contributed by atoms with Crippen LogP contribution in [0, 0.1) is 0 Å². The first-order chi connectivity index (χ1) is 13.9. The van der Waals surface area contributed by atoms with E-state index in [0.29, 0.717) is 38.1 Å². The topological polar surface area (TPSA) is 95.9 Å². The third-order valence-corrected chi connectivity index (χ3v) is 6.91. The van der Waals surface area contributed by atoms with Gasteiger partial charge in [0.25, 0.3) is 0 Å². The number of amides is 1.